The number of nitrogens with zero attached hydrogens (tertiary/aromatic N) is 1. The van der Waals surface area contributed by atoms with Crippen LogP contribution in [0.25, 0.3) is 0 Å². The van der Waals surface area contributed by atoms with Crippen LogP contribution in [0.2, 0.25) is 0 Å². The molecule has 2 aromatic rings. The van der Waals surface area contributed by atoms with E-state index in [-0.39, 0.29) is 0 Å². The lowest BCUT2D eigenvalue weighted by molar-refractivity contribution is 0.217. The topological polar surface area (TPSA) is 21.7 Å². The maximum Gasteiger partial charge on any atom is 0.122 e. The van der Waals surface area contributed by atoms with Crippen LogP contribution in [-0.2, 0) is 0 Å². The van der Waals surface area contributed by atoms with Crippen LogP contribution >= 0.6 is 0 Å². The predicted molar refractivity (Wildman–Crippen MR) is 89.9 cm³/mol. The van der Waals surface area contributed by atoms with E-state index in [2.05, 4.69) is 17.0 Å². The Balaban J connectivity index is 1.43. The fraction of sp³-hybridized carbons (Fsp3) is 0.368. The first kappa shape index (κ1) is 14.8. The van der Waals surface area contributed by atoms with Crippen LogP contribution in [0.3, 0.4) is 0 Å². The van der Waals surface area contributed by atoms with Gasteiger partial charge in [0, 0.05) is 18.8 Å². The maximum atomic E-state index is 5.73. The summed E-state index contributed by atoms with van der Waals surface area (Å²) in [4.78, 5) is 2.45. The third-order valence-electron chi connectivity index (χ3n) is 3.92. The Bertz CT molecular complexity index is 547. The molecule has 3 nitrogen and oxygen atoms in total. The molecule has 1 heterocycles. The quantitative estimate of drug-likeness (QED) is 0.748. The standard InChI is InChI=1S/C19H23NO2/c1-3-7-18(8-4-1)21-15-16-22-19-11-9-17(10-12-19)20-13-5-2-6-14-20/h1,3-4,7-12H,2,5-6,13-16H2. The summed E-state index contributed by atoms with van der Waals surface area (Å²) >= 11 is 0. The molecule has 0 radical (unpaired) electrons. The summed E-state index contributed by atoms with van der Waals surface area (Å²) in [6.07, 6.45) is 3.96. The van der Waals surface area contributed by atoms with Crippen LogP contribution in [0.5, 0.6) is 11.5 Å². The Kier molecular flexibility index (Phi) is 5.19. The van der Waals surface area contributed by atoms with Crippen LogP contribution in [0.15, 0.2) is 54.6 Å². The van der Waals surface area contributed by atoms with Crippen molar-refractivity contribution in [2.24, 2.45) is 0 Å². The Morgan fingerprint density at radius 3 is 1.91 bits per heavy atom. The minimum Gasteiger partial charge on any atom is -0.490 e. The summed E-state index contributed by atoms with van der Waals surface area (Å²) in [6.45, 7) is 3.45. The van der Waals surface area contributed by atoms with Gasteiger partial charge in [-0.05, 0) is 55.7 Å². The van der Waals surface area contributed by atoms with Crippen molar-refractivity contribution in [3.8, 4) is 11.5 Å². The van der Waals surface area contributed by atoms with E-state index in [9.17, 15) is 0 Å². The second kappa shape index (κ2) is 7.74. The van der Waals surface area contributed by atoms with E-state index in [0.29, 0.717) is 13.2 Å². The van der Waals surface area contributed by atoms with Gasteiger partial charge in [-0.2, -0.15) is 0 Å². The van der Waals surface area contributed by atoms with E-state index in [0.717, 1.165) is 11.5 Å². The summed E-state index contributed by atoms with van der Waals surface area (Å²) in [7, 11) is 0. The fourth-order valence-corrected chi connectivity index (χ4v) is 2.74. The molecule has 22 heavy (non-hydrogen) atoms. The van der Waals surface area contributed by atoms with E-state index < -0.39 is 0 Å². The van der Waals surface area contributed by atoms with Gasteiger partial charge in [-0.1, -0.05) is 18.2 Å². The molecule has 0 amide bonds. The van der Waals surface area contributed by atoms with Crippen molar-refractivity contribution in [1.29, 1.82) is 0 Å². The van der Waals surface area contributed by atoms with Crippen molar-refractivity contribution in [2.45, 2.75) is 19.3 Å². The molecule has 1 fully saturated rings. The Morgan fingerprint density at radius 2 is 1.27 bits per heavy atom. The zero-order valence-electron chi connectivity index (χ0n) is 12.9. The molecule has 0 spiro atoms. The zero-order chi connectivity index (χ0) is 15.0. The van der Waals surface area contributed by atoms with E-state index >= 15 is 0 Å². The molecule has 3 heteroatoms. The Morgan fingerprint density at radius 1 is 0.682 bits per heavy atom. The van der Waals surface area contributed by atoms with Crippen LogP contribution in [-0.4, -0.2) is 26.3 Å². The predicted octanol–water partition coefficient (Wildman–Crippen LogP) is 4.13. The van der Waals surface area contributed by atoms with Gasteiger partial charge in [0.25, 0.3) is 0 Å². The van der Waals surface area contributed by atoms with Gasteiger partial charge in [-0.3, -0.25) is 0 Å². The SMILES string of the molecule is c1ccc(OCCOc2ccc(N3CCCCC3)cc2)cc1. The average Bonchev–Trinajstić information content (AvgIpc) is 2.61. The summed E-state index contributed by atoms with van der Waals surface area (Å²) in [5.41, 5.74) is 1.30. The van der Waals surface area contributed by atoms with Gasteiger partial charge in [0.1, 0.15) is 24.7 Å². The average molecular weight is 297 g/mol. The molecule has 0 saturated carbocycles. The number of ether oxygens (including phenoxy) is 2. The summed E-state index contributed by atoms with van der Waals surface area (Å²) < 4.78 is 11.3. The highest BCUT2D eigenvalue weighted by Crippen LogP contribution is 2.22. The summed E-state index contributed by atoms with van der Waals surface area (Å²) in [5, 5.41) is 0. The maximum absolute atomic E-state index is 5.73. The third-order valence-corrected chi connectivity index (χ3v) is 3.92. The molecular formula is C19H23NO2. The highest BCUT2D eigenvalue weighted by atomic mass is 16.5. The number of rotatable bonds is 6. The largest absolute Gasteiger partial charge is 0.490 e. The first-order valence-electron chi connectivity index (χ1n) is 8.07. The molecule has 1 saturated heterocycles. The van der Waals surface area contributed by atoms with Gasteiger partial charge in [0.15, 0.2) is 0 Å². The molecule has 1 aliphatic rings. The fourth-order valence-electron chi connectivity index (χ4n) is 2.74. The van der Waals surface area contributed by atoms with E-state index in [1.54, 1.807) is 0 Å². The van der Waals surface area contributed by atoms with Crippen molar-refractivity contribution < 1.29 is 9.47 Å². The first-order chi connectivity index (χ1) is 10.9. The normalized spacial score (nSPS) is 14.6. The molecular weight excluding hydrogens is 274 g/mol. The smallest absolute Gasteiger partial charge is 0.122 e. The van der Waals surface area contributed by atoms with E-state index in [1.807, 2.05) is 42.5 Å². The van der Waals surface area contributed by atoms with Crippen LogP contribution in [0, 0.1) is 0 Å². The molecule has 3 rings (SSSR count). The van der Waals surface area contributed by atoms with Gasteiger partial charge >= 0.3 is 0 Å². The van der Waals surface area contributed by atoms with Gasteiger partial charge in [-0.25, -0.2) is 0 Å². The Labute approximate surface area is 132 Å². The molecule has 0 N–H and O–H groups in total. The monoisotopic (exact) mass is 297 g/mol. The Hall–Kier alpha value is -2.16. The third kappa shape index (κ3) is 4.17. The van der Waals surface area contributed by atoms with Crippen molar-refractivity contribution in [1.82, 2.24) is 0 Å². The van der Waals surface area contributed by atoms with E-state index in [4.69, 9.17) is 9.47 Å². The number of benzene rings is 2. The number of hydrogen-bond donors (Lipinski definition) is 0. The van der Waals surface area contributed by atoms with Crippen LogP contribution in [0.4, 0.5) is 5.69 Å². The molecule has 1 aliphatic heterocycles. The second-order valence-corrected chi connectivity index (χ2v) is 5.55. The lowest BCUT2D eigenvalue weighted by atomic mass is 10.1. The second-order valence-electron chi connectivity index (χ2n) is 5.55. The summed E-state index contributed by atoms with van der Waals surface area (Å²) in [6, 6.07) is 18.2. The zero-order valence-corrected chi connectivity index (χ0v) is 12.9. The molecule has 0 unspecified atom stereocenters. The van der Waals surface area contributed by atoms with Crippen LogP contribution < -0.4 is 14.4 Å². The molecule has 116 valence electrons. The summed E-state index contributed by atoms with van der Waals surface area (Å²) in [5.74, 6) is 1.78. The number of anilines is 1. The molecule has 2 aromatic carbocycles. The van der Waals surface area contributed by atoms with Crippen molar-refractivity contribution in [2.75, 3.05) is 31.2 Å². The van der Waals surface area contributed by atoms with Gasteiger partial charge < -0.3 is 14.4 Å². The highest BCUT2D eigenvalue weighted by Gasteiger charge is 2.10. The van der Waals surface area contributed by atoms with Crippen LogP contribution in [0.1, 0.15) is 19.3 Å². The van der Waals surface area contributed by atoms with Crippen molar-refractivity contribution in [3.63, 3.8) is 0 Å². The minimum atomic E-state index is 0.553. The molecule has 0 aliphatic carbocycles. The molecule has 0 atom stereocenters. The first-order valence-corrected chi connectivity index (χ1v) is 8.07. The number of hydrogen-bond acceptors (Lipinski definition) is 3. The number of para-hydroxylation sites is 1. The minimum absolute atomic E-state index is 0.553. The van der Waals surface area contributed by atoms with Crippen molar-refractivity contribution >= 4 is 5.69 Å². The molecule has 0 aromatic heterocycles. The van der Waals surface area contributed by atoms with Gasteiger partial charge in [0.05, 0.1) is 0 Å². The molecule has 0 bridgehead atoms. The van der Waals surface area contributed by atoms with Gasteiger partial charge in [0.2, 0.25) is 0 Å². The lowest BCUT2D eigenvalue weighted by Crippen LogP contribution is -2.29. The van der Waals surface area contributed by atoms with Crippen molar-refractivity contribution in [3.05, 3.63) is 54.6 Å². The lowest BCUT2D eigenvalue weighted by Gasteiger charge is -2.28. The highest BCUT2D eigenvalue weighted by molar-refractivity contribution is 5.49. The van der Waals surface area contributed by atoms with E-state index in [1.165, 1.54) is 38.0 Å². The number of piperidine rings is 1. The van der Waals surface area contributed by atoms with Gasteiger partial charge in [-0.15, -0.1) is 0 Å².